The summed E-state index contributed by atoms with van der Waals surface area (Å²) < 4.78 is 0. The fourth-order valence-electron chi connectivity index (χ4n) is 2.08. The Balaban J connectivity index is 1.93. The van der Waals surface area contributed by atoms with E-state index in [0.717, 1.165) is 25.1 Å². The van der Waals surface area contributed by atoms with Crippen LogP contribution >= 0.6 is 11.6 Å². The summed E-state index contributed by atoms with van der Waals surface area (Å²) in [6, 6.07) is 9.57. The molecule has 0 bridgehead atoms. The van der Waals surface area contributed by atoms with Crippen molar-refractivity contribution in [2.45, 2.75) is 13.0 Å². The number of pyridine rings is 1. The molecule has 1 heterocycles. The molecule has 0 spiro atoms. The third-order valence-corrected chi connectivity index (χ3v) is 3.69. The molecular formula is C16H19ClN4. The Hall–Kier alpha value is -1.91. The van der Waals surface area contributed by atoms with Crippen molar-refractivity contribution in [1.82, 2.24) is 9.88 Å². The Morgan fingerprint density at radius 1 is 1.29 bits per heavy atom. The Kier molecular flexibility index (Phi) is 5.31. The number of aromatic nitrogens is 1. The number of nitrogens with zero attached hydrogens (tertiary/aromatic N) is 2. The average molecular weight is 303 g/mol. The number of nitrogen functional groups attached to an aromatic ring is 1. The minimum absolute atomic E-state index is 0.0366. The maximum atomic E-state index is 7.41. The molecule has 0 saturated carbocycles. The van der Waals surface area contributed by atoms with Crippen LogP contribution in [0.4, 0.5) is 0 Å². The van der Waals surface area contributed by atoms with Crippen molar-refractivity contribution in [1.29, 1.82) is 5.41 Å². The molecule has 0 saturated heterocycles. The van der Waals surface area contributed by atoms with E-state index in [1.165, 1.54) is 5.56 Å². The second-order valence-electron chi connectivity index (χ2n) is 5.06. The first-order valence-corrected chi connectivity index (χ1v) is 7.14. The van der Waals surface area contributed by atoms with Crippen LogP contribution in [-0.4, -0.2) is 29.3 Å². The Morgan fingerprint density at radius 2 is 2.00 bits per heavy atom. The summed E-state index contributed by atoms with van der Waals surface area (Å²) in [5.74, 6) is 0.0366. The quantitative estimate of drug-likeness (QED) is 0.637. The van der Waals surface area contributed by atoms with Crippen molar-refractivity contribution in [2.24, 2.45) is 5.73 Å². The molecule has 0 aliphatic rings. The molecule has 5 heteroatoms. The highest BCUT2D eigenvalue weighted by Gasteiger charge is 2.07. The smallest absolute Gasteiger partial charge is 0.122 e. The molecule has 3 N–H and O–H groups in total. The zero-order valence-electron chi connectivity index (χ0n) is 12.0. The lowest BCUT2D eigenvalue weighted by Crippen LogP contribution is -2.21. The first kappa shape index (κ1) is 15.5. The molecule has 0 aliphatic carbocycles. The first-order valence-electron chi connectivity index (χ1n) is 6.76. The summed E-state index contributed by atoms with van der Waals surface area (Å²) in [5, 5.41) is 8.06. The highest BCUT2D eigenvalue weighted by Crippen LogP contribution is 2.19. The van der Waals surface area contributed by atoms with Crippen LogP contribution in [0.1, 0.15) is 16.7 Å². The zero-order valence-corrected chi connectivity index (χ0v) is 12.8. The fourth-order valence-corrected chi connectivity index (χ4v) is 2.32. The molecule has 0 radical (unpaired) electrons. The van der Waals surface area contributed by atoms with Crippen molar-refractivity contribution < 1.29 is 0 Å². The third-order valence-electron chi connectivity index (χ3n) is 3.34. The summed E-state index contributed by atoms with van der Waals surface area (Å²) in [7, 11) is 2.07. The standard InChI is InChI=1S/C16H19ClN4/c1-21(9-6-12-4-7-20-8-5-12)11-14-3-2-13(16(18)19)10-15(14)17/h2-5,7-8,10H,6,9,11H2,1H3,(H3,18,19). The van der Waals surface area contributed by atoms with Crippen molar-refractivity contribution in [3.05, 3.63) is 64.4 Å². The van der Waals surface area contributed by atoms with Gasteiger partial charge in [0, 0.05) is 36.1 Å². The molecule has 110 valence electrons. The lowest BCUT2D eigenvalue weighted by atomic mass is 10.1. The van der Waals surface area contributed by atoms with Crippen molar-refractivity contribution in [3.63, 3.8) is 0 Å². The molecule has 1 aromatic heterocycles. The van der Waals surface area contributed by atoms with Gasteiger partial charge in [-0.05, 0) is 42.8 Å². The number of nitrogens with one attached hydrogen (secondary N) is 1. The Morgan fingerprint density at radius 3 is 2.62 bits per heavy atom. The number of hydrogen-bond acceptors (Lipinski definition) is 3. The van der Waals surface area contributed by atoms with E-state index in [2.05, 4.69) is 16.9 Å². The van der Waals surface area contributed by atoms with E-state index in [1.54, 1.807) is 6.07 Å². The molecule has 0 fully saturated rings. The van der Waals surface area contributed by atoms with Crippen LogP contribution in [0, 0.1) is 5.41 Å². The maximum Gasteiger partial charge on any atom is 0.122 e. The molecule has 1 aromatic carbocycles. The van der Waals surface area contributed by atoms with Gasteiger partial charge in [-0.1, -0.05) is 23.7 Å². The summed E-state index contributed by atoms with van der Waals surface area (Å²) >= 11 is 6.25. The highest BCUT2D eigenvalue weighted by molar-refractivity contribution is 6.31. The second kappa shape index (κ2) is 7.20. The molecule has 0 unspecified atom stereocenters. The van der Waals surface area contributed by atoms with Gasteiger partial charge in [-0.25, -0.2) is 0 Å². The summed E-state index contributed by atoms with van der Waals surface area (Å²) in [6.45, 7) is 1.71. The molecule has 2 rings (SSSR count). The minimum Gasteiger partial charge on any atom is -0.384 e. The second-order valence-corrected chi connectivity index (χ2v) is 5.47. The fraction of sp³-hybridized carbons (Fsp3) is 0.250. The van der Waals surface area contributed by atoms with E-state index in [-0.39, 0.29) is 5.84 Å². The van der Waals surface area contributed by atoms with Crippen LogP contribution in [0.25, 0.3) is 0 Å². The average Bonchev–Trinajstić information content (AvgIpc) is 2.48. The van der Waals surface area contributed by atoms with Gasteiger partial charge in [0.25, 0.3) is 0 Å². The third kappa shape index (κ3) is 4.55. The summed E-state index contributed by atoms with van der Waals surface area (Å²) in [6.07, 6.45) is 4.60. The maximum absolute atomic E-state index is 7.41. The van der Waals surface area contributed by atoms with E-state index in [1.807, 2.05) is 36.7 Å². The molecule has 0 atom stereocenters. The van der Waals surface area contributed by atoms with Gasteiger partial charge >= 0.3 is 0 Å². The number of benzene rings is 1. The highest BCUT2D eigenvalue weighted by atomic mass is 35.5. The van der Waals surface area contributed by atoms with Crippen LogP contribution in [-0.2, 0) is 13.0 Å². The van der Waals surface area contributed by atoms with Crippen LogP contribution in [0.5, 0.6) is 0 Å². The molecule has 0 amide bonds. The lowest BCUT2D eigenvalue weighted by molar-refractivity contribution is 0.331. The van der Waals surface area contributed by atoms with Crippen LogP contribution in [0.2, 0.25) is 5.02 Å². The molecule has 2 aromatic rings. The number of likely N-dealkylation sites (N-methyl/N-ethyl adjacent to an activating group) is 1. The van der Waals surface area contributed by atoms with Gasteiger partial charge in [-0.3, -0.25) is 10.4 Å². The van der Waals surface area contributed by atoms with Gasteiger partial charge in [0.15, 0.2) is 0 Å². The minimum atomic E-state index is 0.0366. The molecule has 0 aliphatic heterocycles. The largest absolute Gasteiger partial charge is 0.384 e. The SMILES string of the molecule is CN(CCc1ccncc1)Cc1ccc(C(=N)N)cc1Cl. The Labute approximate surface area is 130 Å². The monoisotopic (exact) mass is 302 g/mol. The van der Waals surface area contributed by atoms with E-state index < -0.39 is 0 Å². The van der Waals surface area contributed by atoms with Crippen LogP contribution < -0.4 is 5.73 Å². The van der Waals surface area contributed by atoms with Crippen LogP contribution in [0.15, 0.2) is 42.7 Å². The van der Waals surface area contributed by atoms with Crippen LogP contribution in [0.3, 0.4) is 0 Å². The van der Waals surface area contributed by atoms with Crippen molar-refractivity contribution in [2.75, 3.05) is 13.6 Å². The van der Waals surface area contributed by atoms with E-state index in [0.29, 0.717) is 10.6 Å². The predicted molar refractivity (Wildman–Crippen MR) is 86.7 cm³/mol. The van der Waals surface area contributed by atoms with Gasteiger partial charge in [0.1, 0.15) is 5.84 Å². The van der Waals surface area contributed by atoms with Crippen molar-refractivity contribution >= 4 is 17.4 Å². The molecule has 4 nitrogen and oxygen atoms in total. The van der Waals surface area contributed by atoms with Gasteiger partial charge in [0.05, 0.1) is 0 Å². The van der Waals surface area contributed by atoms with Gasteiger partial charge in [0.2, 0.25) is 0 Å². The number of amidine groups is 1. The number of hydrogen-bond donors (Lipinski definition) is 2. The lowest BCUT2D eigenvalue weighted by Gasteiger charge is -2.17. The normalized spacial score (nSPS) is 10.8. The molecule has 21 heavy (non-hydrogen) atoms. The topological polar surface area (TPSA) is 66.0 Å². The Bertz CT molecular complexity index is 613. The summed E-state index contributed by atoms with van der Waals surface area (Å²) in [4.78, 5) is 6.23. The predicted octanol–water partition coefficient (Wildman–Crippen LogP) is 2.69. The number of rotatable bonds is 6. The number of halogens is 1. The van der Waals surface area contributed by atoms with Gasteiger partial charge in [-0.15, -0.1) is 0 Å². The zero-order chi connectivity index (χ0) is 15.2. The first-order chi connectivity index (χ1) is 10.1. The van der Waals surface area contributed by atoms with E-state index in [9.17, 15) is 0 Å². The van der Waals surface area contributed by atoms with Gasteiger partial charge in [-0.2, -0.15) is 0 Å². The van der Waals surface area contributed by atoms with E-state index in [4.69, 9.17) is 22.7 Å². The van der Waals surface area contributed by atoms with Gasteiger partial charge < -0.3 is 10.6 Å². The number of nitrogens with two attached hydrogens (primary N) is 1. The van der Waals surface area contributed by atoms with E-state index >= 15 is 0 Å². The van der Waals surface area contributed by atoms with Crippen molar-refractivity contribution in [3.8, 4) is 0 Å². The molecular weight excluding hydrogens is 284 g/mol. The summed E-state index contributed by atoms with van der Waals surface area (Å²) in [5.41, 5.74) is 8.42.